The highest BCUT2D eigenvalue weighted by Gasteiger charge is 2.38. The molecule has 2 aromatic rings. The lowest BCUT2D eigenvalue weighted by Gasteiger charge is -2.22. The van der Waals surface area contributed by atoms with Gasteiger partial charge in [0.15, 0.2) is 0 Å². The summed E-state index contributed by atoms with van der Waals surface area (Å²) in [6, 6.07) is 9.55. The average molecular weight is 393 g/mol. The lowest BCUT2D eigenvalue weighted by atomic mass is 9.92. The zero-order valence-corrected chi connectivity index (χ0v) is 14.9. The summed E-state index contributed by atoms with van der Waals surface area (Å²) in [5, 5.41) is 2.53. The first-order valence-corrected chi connectivity index (χ1v) is 8.41. The summed E-state index contributed by atoms with van der Waals surface area (Å²) >= 11 is 0. The number of nitrogens with one attached hydrogen (secondary N) is 1. The second-order valence-corrected chi connectivity index (χ2v) is 6.08. The minimum absolute atomic E-state index is 0.00734. The Labute approximate surface area is 165 Å². The maximum absolute atomic E-state index is 14.7. The zero-order valence-electron chi connectivity index (χ0n) is 17.9. The van der Waals surface area contributed by atoms with E-state index >= 15 is 0 Å². The summed E-state index contributed by atoms with van der Waals surface area (Å²) in [5.74, 6) is -3.37. The van der Waals surface area contributed by atoms with Crippen molar-refractivity contribution in [2.45, 2.75) is 18.6 Å². The topological polar surface area (TPSA) is 69.2 Å². The fourth-order valence-corrected chi connectivity index (χ4v) is 3.04. The Hall–Kier alpha value is -3.16. The van der Waals surface area contributed by atoms with E-state index < -0.39 is 42.5 Å². The summed E-state index contributed by atoms with van der Waals surface area (Å²) in [5.41, 5.74) is 0.394. The van der Waals surface area contributed by atoms with Gasteiger partial charge in [-0.05, 0) is 5.56 Å². The van der Waals surface area contributed by atoms with Crippen molar-refractivity contribution in [2.24, 2.45) is 4.99 Å². The van der Waals surface area contributed by atoms with Gasteiger partial charge in [-0.25, -0.2) is 13.6 Å². The number of halogens is 2. The van der Waals surface area contributed by atoms with Crippen LogP contribution in [0.1, 0.15) is 21.2 Å². The van der Waals surface area contributed by atoms with E-state index in [9.17, 15) is 13.6 Å². The lowest BCUT2D eigenvalue weighted by Crippen LogP contribution is -2.44. The van der Waals surface area contributed by atoms with E-state index in [-0.39, 0.29) is 24.6 Å². The van der Waals surface area contributed by atoms with Crippen LogP contribution in [-0.2, 0) is 16.1 Å². The minimum Gasteiger partial charge on any atom is -0.497 e. The molecule has 1 heterocycles. The van der Waals surface area contributed by atoms with Crippen LogP contribution in [-0.4, -0.2) is 38.7 Å². The van der Waals surface area contributed by atoms with Crippen LogP contribution < -0.4 is 10.1 Å². The molecule has 2 aromatic carbocycles. The number of alkyl carbamates (subject to hydrolysis) is 1. The van der Waals surface area contributed by atoms with Crippen molar-refractivity contribution in [3.8, 4) is 5.75 Å². The molecule has 0 unspecified atom stereocenters. The largest absolute Gasteiger partial charge is 0.497 e. The van der Waals surface area contributed by atoms with Gasteiger partial charge in [0.2, 0.25) is 5.90 Å². The predicted molar refractivity (Wildman–Crippen MR) is 98.5 cm³/mol. The Morgan fingerprint density at radius 3 is 2.61 bits per heavy atom. The fraction of sp³-hybridized carbons (Fsp3) is 0.300. The van der Waals surface area contributed by atoms with Gasteiger partial charge in [-0.1, -0.05) is 30.3 Å². The molecule has 1 aliphatic rings. The molecular weight excluding hydrogens is 370 g/mol. The van der Waals surface area contributed by atoms with Gasteiger partial charge in [0.05, 0.1) is 24.8 Å². The fourth-order valence-electron chi connectivity index (χ4n) is 3.04. The predicted octanol–water partition coefficient (Wildman–Crippen LogP) is 3.41. The van der Waals surface area contributed by atoms with E-state index in [1.54, 1.807) is 24.3 Å². The number of amides is 1. The second-order valence-electron chi connectivity index (χ2n) is 6.08. The smallest absolute Gasteiger partial charge is 0.408 e. The molecule has 0 saturated carbocycles. The molecule has 1 aliphatic heterocycles. The van der Waals surface area contributed by atoms with Crippen molar-refractivity contribution in [2.75, 3.05) is 20.7 Å². The monoisotopic (exact) mass is 393 g/mol. The number of methoxy groups -OCH3 is 2. The molecule has 0 spiro atoms. The molecule has 28 heavy (non-hydrogen) atoms. The SMILES string of the molecule is [2H]C([2H])([2H])Oc1cc(F)c([C@@H]2CN=C(OC)[C@H]2NC(=O)OCc2ccccc2)c(F)c1. The van der Waals surface area contributed by atoms with E-state index in [1.807, 2.05) is 6.07 Å². The number of rotatable bonds is 5. The number of aliphatic imine (C=N–C) groups is 1. The van der Waals surface area contributed by atoms with Crippen LogP contribution in [0.4, 0.5) is 13.6 Å². The molecule has 148 valence electrons. The number of nitrogens with zero attached hydrogens (tertiary/aromatic N) is 1. The number of hydrogen-bond acceptors (Lipinski definition) is 5. The van der Waals surface area contributed by atoms with Crippen LogP contribution in [0.25, 0.3) is 0 Å². The highest BCUT2D eigenvalue weighted by molar-refractivity contribution is 5.88. The first-order chi connectivity index (χ1) is 14.7. The molecule has 0 fully saturated rings. The molecule has 0 aliphatic carbocycles. The number of carbonyl (C=O) groups excluding carboxylic acids is 1. The highest BCUT2D eigenvalue weighted by atomic mass is 19.1. The quantitative estimate of drug-likeness (QED) is 0.845. The number of ether oxygens (including phenoxy) is 3. The first kappa shape index (κ1) is 15.9. The van der Waals surface area contributed by atoms with Gasteiger partial charge < -0.3 is 19.5 Å². The summed E-state index contributed by atoms with van der Waals surface area (Å²) in [7, 11) is -1.53. The molecule has 8 heteroatoms. The highest BCUT2D eigenvalue weighted by Crippen LogP contribution is 2.33. The number of benzene rings is 2. The van der Waals surface area contributed by atoms with E-state index in [0.29, 0.717) is 0 Å². The Kier molecular flexibility index (Phi) is 4.92. The molecule has 1 N–H and O–H groups in total. The lowest BCUT2D eigenvalue weighted by molar-refractivity contribution is 0.136. The van der Waals surface area contributed by atoms with Crippen LogP contribution in [0.2, 0.25) is 0 Å². The molecule has 6 nitrogen and oxygen atoms in total. The van der Waals surface area contributed by atoms with Crippen molar-refractivity contribution < 1.29 is 31.9 Å². The summed E-state index contributed by atoms with van der Waals surface area (Å²) in [6.45, 7) is -0.0481. The van der Waals surface area contributed by atoms with Crippen LogP contribution in [0, 0.1) is 11.6 Å². The molecule has 0 aromatic heterocycles. The van der Waals surface area contributed by atoms with Gasteiger partial charge in [0.1, 0.15) is 30.0 Å². The van der Waals surface area contributed by atoms with E-state index in [4.69, 9.17) is 13.6 Å². The van der Waals surface area contributed by atoms with Gasteiger partial charge in [-0.15, -0.1) is 0 Å². The maximum atomic E-state index is 14.7. The van der Waals surface area contributed by atoms with Crippen molar-refractivity contribution in [3.63, 3.8) is 0 Å². The van der Waals surface area contributed by atoms with E-state index in [0.717, 1.165) is 17.7 Å². The molecule has 0 radical (unpaired) electrons. The molecule has 2 atom stereocenters. The van der Waals surface area contributed by atoms with Gasteiger partial charge in [-0.2, -0.15) is 0 Å². The third-order valence-corrected chi connectivity index (χ3v) is 4.35. The maximum Gasteiger partial charge on any atom is 0.408 e. The number of hydrogen-bond donors (Lipinski definition) is 1. The Morgan fingerprint density at radius 1 is 1.25 bits per heavy atom. The second kappa shape index (κ2) is 8.69. The van der Waals surface area contributed by atoms with Crippen molar-refractivity contribution in [1.82, 2.24) is 5.32 Å². The molecule has 0 saturated heterocycles. The minimum atomic E-state index is -2.85. The van der Waals surface area contributed by atoms with Crippen molar-refractivity contribution in [3.05, 3.63) is 65.2 Å². The molecule has 1 amide bonds. The normalized spacial score (nSPS) is 20.4. The van der Waals surface area contributed by atoms with Crippen LogP contribution in [0.15, 0.2) is 47.5 Å². The van der Waals surface area contributed by atoms with Crippen LogP contribution >= 0.6 is 0 Å². The average Bonchev–Trinajstić information content (AvgIpc) is 3.07. The summed E-state index contributed by atoms with van der Waals surface area (Å²) in [4.78, 5) is 16.4. The molecule has 0 bridgehead atoms. The van der Waals surface area contributed by atoms with Gasteiger partial charge in [-0.3, -0.25) is 4.99 Å². The van der Waals surface area contributed by atoms with E-state index in [2.05, 4.69) is 15.0 Å². The molecule has 3 rings (SSSR count). The Bertz CT molecular complexity index is 948. The van der Waals surface area contributed by atoms with Gasteiger partial charge in [0.25, 0.3) is 0 Å². The number of carbonyl (C=O) groups is 1. The van der Waals surface area contributed by atoms with Gasteiger partial charge in [0, 0.05) is 23.6 Å². The Morgan fingerprint density at radius 2 is 1.96 bits per heavy atom. The van der Waals surface area contributed by atoms with Crippen molar-refractivity contribution >= 4 is 12.0 Å². The van der Waals surface area contributed by atoms with Crippen LogP contribution in [0.3, 0.4) is 0 Å². The Balaban J connectivity index is 1.76. The summed E-state index contributed by atoms with van der Waals surface area (Å²) in [6.07, 6.45) is -0.811. The third kappa shape index (κ3) is 4.21. The van der Waals surface area contributed by atoms with Gasteiger partial charge >= 0.3 is 6.09 Å². The standard InChI is InChI=1S/C20H20F2N2O4/c1-26-13-8-15(21)17(16(22)9-13)14-10-23-19(27-2)18(14)24-20(25)28-11-12-6-4-3-5-7-12/h3-9,14,18H,10-11H2,1-2H3,(H,24,25)/t14-,18-/m0/s1/i1D3. The first-order valence-electron chi connectivity index (χ1n) is 9.91. The van der Waals surface area contributed by atoms with E-state index in [1.165, 1.54) is 7.11 Å². The zero-order chi connectivity index (χ0) is 22.6. The third-order valence-electron chi connectivity index (χ3n) is 4.35. The van der Waals surface area contributed by atoms with Crippen LogP contribution in [0.5, 0.6) is 5.75 Å². The van der Waals surface area contributed by atoms with Crippen molar-refractivity contribution in [1.29, 1.82) is 0 Å². The summed E-state index contributed by atoms with van der Waals surface area (Å²) < 4.78 is 65.5. The molecular formula is C20H20F2N2O4.